The Bertz CT molecular complexity index is 962. The van der Waals surface area contributed by atoms with E-state index in [4.69, 9.17) is 24.7 Å². The van der Waals surface area contributed by atoms with Crippen LogP contribution >= 0.6 is 0 Å². The molecule has 2 atom stereocenters. The van der Waals surface area contributed by atoms with Gasteiger partial charge in [-0.05, 0) is 55.3 Å². The Kier molecular flexibility index (Phi) is 7.28. The SMILES string of the molecule is COc1c(Oc2ccc(CCN)cc2)cc(C(=O)N2C[C@H]3CCCC[C@H]3C2)c(OC)c1OC. The van der Waals surface area contributed by atoms with Crippen molar-refractivity contribution in [2.75, 3.05) is 41.0 Å². The number of hydrogen-bond acceptors (Lipinski definition) is 6. The van der Waals surface area contributed by atoms with Crippen molar-refractivity contribution >= 4 is 5.91 Å². The van der Waals surface area contributed by atoms with E-state index in [2.05, 4.69) is 0 Å². The minimum atomic E-state index is -0.0645. The van der Waals surface area contributed by atoms with Gasteiger partial charge in [-0.3, -0.25) is 4.79 Å². The van der Waals surface area contributed by atoms with Gasteiger partial charge in [0.25, 0.3) is 5.91 Å². The molecule has 7 nitrogen and oxygen atoms in total. The first-order valence-electron chi connectivity index (χ1n) is 11.7. The van der Waals surface area contributed by atoms with E-state index in [1.54, 1.807) is 13.2 Å². The number of amides is 1. The first-order chi connectivity index (χ1) is 16.1. The van der Waals surface area contributed by atoms with Crippen molar-refractivity contribution in [1.82, 2.24) is 4.90 Å². The fourth-order valence-electron chi connectivity index (χ4n) is 5.18. The minimum absolute atomic E-state index is 0.0645. The number of fused-ring (bicyclic) bond motifs is 1. The number of methoxy groups -OCH3 is 3. The Balaban J connectivity index is 1.68. The van der Waals surface area contributed by atoms with Crippen LogP contribution in [0.3, 0.4) is 0 Å². The van der Waals surface area contributed by atoms with Crippen molar-refractivity contribution in [3.8, 4) is 28.7 Å². The third-order valence-corrected chi connectivity index (χ3v) is 6.85. The van der Waals surface area contributed by atoms with Crippen LogP contribution in [0, 0.1) is 11.8 Å². The van der Waals surface area contributed by atoms with Crippen LogP contribution in [-0.2, 0) is 6.42 Å². The number of carbonyl (C=O) groups excluding carboxylic acids is 1. The number of nitrogens with zero attached hydrogens (tertiary/aromatic N) is 1. The third-order valence-electron chi connectivity index (χ3n) is 6.85. The van der Waals surface area contributed by atoms with E-state index in [0.29, 0.717) is 52.7 Å². The van der Waals surface area contributed by atoms with E-state index in [-0.39, 0.29) is 5.91 Å². The van der Waals surface area contributed by atoms with Gasteiger partial charge in [0.15, 0.2) is 11.5 Å². The molecule has 1 aliphatic carbocycles. The molecule has 1 amide bonds. The molecule has 2 aliphatic rings. The summed E-state index contributed by atoms with van der Waals surface area (Å²) in [7, 11) is 4.61. The van der Waals surface area contributed by atoms with E-state index in [1.165, 1.54) is 39.9 Å². The fraction of sp³-hybridized carbons (Fsp3) is 0.500. The molecule has 0 radical (unpaired) electrons. The number of nitrogens with two attached hydrogens (primary N) is 1. The molecule has 0 spiro atoms. The zero-order valence-electron chi connectivity index (χ0n) is 19.8. The zero-order chi connectivity index (χ0) is 23.4. The number of ether oxygens (including phenoxy) is 4. The molecule has 1 saturated heterocycles. The molecule has 0 aromatic heterocycles. The van der Waals surface area contributed by atoms with Crippen LogP contribution in [0.5, 0.6) is 28.7 Å². The highest BCUT2D eigenvalue weighted by Gasteiger charge is 2.38. The van der Waals surface area contributed by atoms with Crippen LogP contribution in [0.1, 0.15) is 41.6 Å². The van der Waals surface area contributed by atoms with Crippen LogP contribution in [0.2, 0.25) is 0 Å². The fourth-order valence-corrected chi connectivity index (χ4v) is 5.18. The molecule has 2 aromatic rings. The predicted octanol–water partition coefficient (Wildman–Crippen LogP) is 4.27. The van der Waals surface area contributed by atoms with Crippen molar-refractivity contribution in [3.05, 3.63) is 41.5 Å². The lowest BCUT2D eigenvalue weighted by Gasteiger charge is -2.22. The normalized spacial score (nSPS) is 19.7. The van der Waals surface area contributed by atoms with Crippen LogP contribution in [0.4, 0.5) is 0 Å². The average molecular weight is 455 g/mol. The van der Waals surface area contributed by atoms with Crippen molar-refractivity contribution < 1.29 is 23.7 Å². The minimum Gasteiger partial charge on any atom is -0.492 e. The molecule has 1 heterocycles. The highest BCUT2D eigenvalue weighted by Crippen LogP contribution is 2.48. The van der Waals surface area contributed by atoms with Gasteiger partial charge in [-0.15, -0.1) is 0 Å². The molecule has 0 unspecified atom stereocenters. The van der Waals surface area contributed by atoms with Gasteiger partial charge < -0.3 is 29.6 Å². The Morgan fingerprint density at radius 1 is 0.939 bits per heavy atom. The highest BCUT2D eigenvalue weighted by molar-refractivity contribution is 5.99. The van der Waals surface area contributed by atoms with Gasteiger partial charge in [0.2, 0.25) is 11.5 Å². The van der Waals surface area contributed by atoms with Gasteiger partial charge in [-0.25, -0.2) is 0 Å². The molecule has 2 fully saturated rings. The van der Waals surface area contributed by atoms with Gasteiger partial charge in [0.1, 0.15) is 5.75 Å². The standard InChI is InChI=1S/C26H34N2O5/c1-30-23-21(26(29)28-15-18-6-4-5-7-19(18)16-28)14-22(24(31-2)25(23)32-3)33-20-10-8-17(9-11-20)12-13-27/h8-11,14,18-19H,4-7,12-13,15-16,27H2,1-3H3/t18-,19+. The maximum Gasteiger partial charge on any atom is 0.257 e. The molecule has 1 aliphatic heterocycles. The van der Waals surface area contributed by atoms with Gasteiger partial charge >= 0.3 is 0 Å². The lowest BCUT2D eigenvalue weighted by atomic mass is 9.82. The topological polar surface area (TPSA) is 83.3 Å². The van der Waals surface area contributed by atoms with Crippen LogP contribution in [0.15, 0.2) is 30.3 Å². The number of likely N-dealkylation sites (tertiary alicyclic amines) is 1. The van der Waals surface area contributed by atoms with E-state index in [0.717, 1.165) is 25.1 Å². The summed E-state index contributed by atoms with van der Waals surface area (Å²) in [5.41, 5.74) is 7.20. The van der Waals surface area contributed by atoms with Gasteiger partial charge in [0, 0.05) is 19.2 Å². The number of rotatable bonds is 8. The second-order valence-corrected chi connectivity index (χ2v) is 8.82. The van der Waals surface area contributed by atoms with E-state index < -0.39 is 0 Å². The summed E-state index contributed by atoms with van der Waals surface area (Å²) in [6.45, 7) is 2.17. The second-order valence-electron chi connectivity index (χ2n) is 8.82. The Hall–Kier alpha value is -2.93. The molecular weight excluding hydrogens is 420 g/mol. The Morgan fingerprint density at radius 3 is 2.09 bits per heavy atom. The average Bonchev–Trinajstić information content (AvgIpc) is 3.28. The largest absolute Gasteiger partial charge is 0.492 e. The third kappa shape index (κ3) is 4.74. The summed E-state index contributed by atoms with van der Waals surface area (Å²) in [5.74, 6) is 3.25. The second kappa shape index (κ2) is 10.3. The monoisotopic (exact) mass is 454 g/mol. The van der Waals surface area contributed by atoms with E-state index in [9.17, 15) is 4.79 Å². The predicted molar refractivity (Wildman–Crippen MR) is 127 cm³/mol. The number of hydrogen-bond donors (Lipinski definition) is 1. The summed E-state index contributed by atoms with van der Waals surface area (Å²) in [6.07, 6.45) is 5.71. The Morgan fingerprint density at radius 2 is 1.55 bits per heavy atom. The lowest BCUT2D eigenvalue weighted by Crippen LogP contribution is -2.29. The van der Waals surface area contributed by atoms with Crippen LogP contribution < -0.4 is 24.7 Å². The van der Waals surface area contributed by atoms with Crippen LogP contribution in [-0.4, -0.2) is 51.8 Å². The molecule has 178 valence electrons. The molecular formula is C26H34N2O5. The molecule has 33 heavy (non-hydrogen) atoms. The molecule has 1 saturated carbocycles. The molecule has 7 heteroatoms. The quantitative estimate of drug-likeness (QED) is 0.641. The van der Waals surface area contributed by atoms with Crippen LogP contribution in [0.25, 0.3) is 0 Å². The highest BCUT2D eigenvalue weighted by atomic mass is 16.5. The number of carbonyl (C=O) groups is 1. The van der Waals surface area contributed by atoms with E-state index >= 15 is 0 Å². The maximum absolute atomic E-state index is 13.6. The van der Waals surface area contributed by atoms with Crippen molar-refractivity contribution in [3.63, 3.8) is 0 Å². The van der Waals surface area contributed by atoms with Crippen molar-refractivity contribution in [2.45, 2.75) is 32.1 Å². The van der Waals surface area contributed by atoms with Gasteiger partial charge in [0.05, 0.1) is 26.9 Å². The van der Waals surface area contributed by atoms with Gasteiger partial charge in [-0.2, -0.15) is 0 Å². The summed E-state index contributed by atoms with van der Waals surface area (Å²) < 4.78 is 23.0. The Labute approximate surface area is 195 Å². The van der Waals surface area contributed by atoms with Gasteiger partial charge in [-0.1, -0.05) is 25.0 Å². The first-order valence-corrected chi connectivity index (χ1v) is 11.7. The van der Waals surface area contributed by atoms with Crippen molar-refractivity contribution in [2.24, 2.45) is 17.6 Å². The first kappa shape index (κ1) is 23.2. The smallest absolute Gasteiger partial charge is 0.257 e. The summed E-state index contributed by atoms with van der Waals surface area (Å²) in [5, 5.41) is 0. The zero-order valence-corrected chi connectivity index (χ0v) is 19.8. The molecule has 2 aromatic carbocycles. The lowest BCUT2D eigenvalue weighted by molar-refractivity contribution is 0.0779. The summed E-state index contributed by atoms with van der Waals surface area (Å²) in [4.78, 5) is 15.6. The number of benzene rings is 2. The maximum atomic E-state index is 13.6. The molecule has 0 bridgehead atoms. The summed E-state index contributed by atoms with van der Waals surface area (Å²) >= 11 is 0. The van der Waals surface area contributed by atoms with E-state index in [1.807, 2.05) is 29.2 Å². The summed E-state index contributed by atoms with van der Waals surface area (Å²) in [6, 6.07) is 9.43. The molecule has 2 N–H and O–H groups in total. The molecule has 4 rings (SSSR count). The van der Waals surface area contributed by atoms with Crippen molar-refractivity contribution in [1.29, 1.82) is 0 Å².